The van der Waals surface area contributed by atoms with E-state index in [9.17, 15) is 8.42 Å². The molecule has 18 heavy (non-hydrogen) atoms. The quantitative estimate of drug-likeness (QED) is 0.853. The summed E-state index contributed by atoms with van der Waals surface area (Å²) in [6.45, 7) is 1.45. The molecule has 5 nitrogen and oxygen atoms in total. The Morgan fingerprint density at radius 1 is 1.56 bits per heavy atom. The molecule has 0 fully saturated rings. The number of halogens is 1. The first-order chi connectivity index (χ1) is 8.44. The van der Waals surface area contributed by atoms with Crippen LogP contribution in [-0.4, -0.2) is 26.2 Å². The van der Waals surface area contributed by atoms with E-state index in [0.29, 0.717) is 6.42 Å². The van der Waals surface area contributed by atoms with E-state index in [-0.39, 0.29) is 22.1 Å². The van der Waals surface area contributed by atoms with Gasteiger partial charge in [-0.15, -0.1) is 0 Å². The van der Waals surface area contributed by atoms with E-state index in [0.717, 1.165) is 0 Å². The third kappa shape index (κ3) is 3.43. The topological polar surface area (TPSA) is 90.2 Å². The van der Waals surface area contributed by atoms with Crippen LogP contribution in [0.1, 0.15) is 18.9 Å². The van der Waals surface area contributed by atoms with Gasteiger partial charge in [-0.2, -0.15) is 5.26 Å². The number of nitriles is 1. The minimum absolute atomic E-state index is 0.0364. The van der Waals surface area contributed by atoms with Crippen LogP contribution in [-0.2, 0) is 10.0 Å². The molecule has 0 aliphatic carbocycles. The zero-order valence-corrected chi connectivity index (χ0v) is 11.3. The zero-order chi connectivity index (χ0) is 13.8. The number of rotatable bonds is 5. The number of hydrogen-bond donors (Lipinski definition) is 2. The van der Waals surface area contributed by atoms with Gasteiger partial charge in [0.15, 0.2) is 0 Å². The first-order valence-corrected chi connectivity index (χ1v) is 7.13. The van der Waals surface area contributed by atoms with Gasteiger partial charge in [0.25, 0.3) is 0 Å². The van der Waals surface area contributed by atoms with Gasteiger partial charge in [0.1, 0.15) is 4.90 Å². The molecule has 2 N–H and O–H groups in total. The fourth-order valence-electron chi connectivity index (χ4n) is 1.31. The Kier molecular flexibility index (Phi) is 5.11. The largest absolute Gasteiger partial charge is 0.395 e. The van der Waals surface area contributed by atoms with Gasteiger partial charge in [-0.25, -0.2) is 13.1 Å². The van der Waals surface area contributed by atoms with Crippen molar-refractivity contribution in [3.63, 3.8) is 0 Å². The van der Waals surface area contributed by atoms with Crippen molar-refractivity contribution in [3.05, 3.63) is 28.8 Å². The summed E-state index contributed by atoms with van der Waals surface area (Å²) in [4.78, 5) is -0.157. The molecule has 0 aliphatic rings. The van der Waals surface area contributed by atoms with Crippen molar-refractivity contribution in [2.24, 2.45) is 0 Å². The fourth-order valence-corrected chi connectivity index (χ4v) is 3.15. The molecule has 0 unspecified atom stereocenters. The lowest BCUT2D eigenvalue weighted by molar-refractivity contribution is 0.254. The minimum atomic E-state index is -3.84. The SMILES string of the molecule is CC[C@@H](CO)NS(=O)(=O)c1cc(C#N)ccc1Cl. The lowest BCUT2D eigenvalue weighted by atomic mass is 10.2. The molecule has 1 rings (SSSR count). The average Bonchev–Trinajstić information content (AvgIpc) is 2.36. The van der Waals surface area contributed by atoms with Crippen molar-refractivity contribution in [2.75, 3.05) is 6.61 Å². The maximum atomic E-state index is 12.0. The van der Waals surface area contributed by atoms with Gasteiger partial charge in [0, 0.05) is 6.04 Å². The summed E-state index contributed by atoms with van der Waals surface area (Å²) >= 11 is 5.82. The third-order valence-corrected chi connectivity index (χ3v) is 4.39. The lowest BCUT2D eigenvalue weighted by Gasteiger charge is -2.15. The smallest absolute Gasteiger partial charge is 0.242 e. The molecule has 7 heteroatoms. The highest BCUT2D eigenvalue weighted by molar-refractivity contribution is 7.89. The molecule has 0 bridgehead atoms. The number of sulfonamides is 1. The second kappa shape index (κ2) is 6.16. The second-order valence-corrected chi connectivity index (χ2v) is 5.76. The molecule has 1 aromatic carbocycles. The molecule has 1 aromatic rings. The van der Waals surface area contributed by atoms with Crippen molar-refractivity contribution >= 4 is 21.6 Å². The van der Waals surface area contributed by atoms with Crippen LogP contribution in [0.25, 0.3) is 0 Å². The van der Waals surface area contributed by atoms with Gasteiger partial charge in [-0.1, -0.05) is 18.5 Å². The molecule has 0 amide bonds. The molecule has 0 saturated carbocycles. The highest BCUT2D eigenvalue weighted by Crippen LogP contribution is 2.22. The van der Waals surface area contributed by atoms with Gasteiger partial charge >= 0.3 is 0 Å². The van der Waals surface area contributed by atoms with E-state index >= 15 is 0 Å². The van der Waals surface area contributed by atoms with E-state index < -0.39 is 16.1 Å². The summed E-state index contributed by atoms with van der Waals surface area (Å²) in [5, 5.41) is 17.8. The van der Waals surface area contributed by atoms with Crippen LogP contribution >= 0.6 is 11.6 Å². The zero-order valence-electron chi connectivity index (χ0n) is 9.72. The van der Waals surface area contributed by atoms with Gasteiger partial charge in [-0.3, -0.25) is 0 Å². The van der Waals surface area contributed by atoms with Crippen LogP contribution in [0, 0.1) is 11.3 Å². The molecule has 0 spiro atoms. The Morgan fingerprint density at radius 2 is 2.22 bits per heavy atom. The second-order valence-electron chi connectivity index (χ2n) is 3.67. The molecule has 0 saturated heterocycles. The Hall–Kier alpha value is -1.13. The molecule has 0 radical (unpaired) electrons. The predicted molar refractivity (Wildman–Crippen MR) is 67.7 cm³/mol. The highest BCUT2D eigenvalue weighted by Gasteiger charge is 2.21. The summed E-state index contributed by atoms with van der Waals surface area (Å²) in [6.07, 6.45) is 0.450. The summed E-state index contributed by atoms with van der Waals surface area (Å²) in [5.41, 5.74) is 0.205. The fraction of sp³-hybridized carbons (Fsp3) is 0.364. The number of aliphatic hydroxyl groups is 1. The number of aliphatic hydroxyl groups excluding tert-OH is 1. The molecular weight excluding hydrogens is 276 g/mol. The van der Waals surface area contributed by atoms with Crippen molar-refractivity contribution < 1.29 is 13.5 Å². The minimum Gasteiger partial charge on any atom is -0.395 e. The molecule has 1 atom stereocenters. The van der Waals surface area contributed by atoms with Crippen LogP contribution < -0.4 is 4.72 Å². The van der Waals surface area contributed by atoms with Gasteiger partial charge in [0.05, 0.1) is 23.3 Å². The van der Waals surface area contributed by atoms with Crippen molar-refractivity contribution in [1.82, 2.24) is 4.72 Å². The van der Waals surface area contributed by atoms with Crippen molar-refractivity contribution in [3.8, 4) is 6.07 Å². The van der Waals surface area contributed by atoms with Crippen molar-refractivity contribution in [1.29, 1.82) is 5.26 Å². The number of benzene rings is 1. The van der Waals surface area contributed by atoms with E-state index in [4.69, 9.17) is 22.0 Å². The number of nitrogens with one attached hydrogen (secondary N) is 1. The first-order valence-electron chi connectivity index (χ1n) is 5.27. The molecule has 0 aliphatic heterocycles. The maximum Gasteiger partial charge on any atom is 0.242 e. The average molecular weight is 289 g/mol. The maximum absolute atomic E-state index is 12.0. The molecule has 98 valence electrons. The van der Waals surface area contributed by atoms with Gasteiger partial charge in [-0.05, 0) is 24.6 Å². The Balaban J connectivity index is 3.16. The van der Waals surface area contributed by atoms with Crippen molar-refractivity contribution in [2.45, 2.75) is 24.3 Å². The molecule has 0 aromatic heterocycles. The summed E-state index contributed by atoms with van der Waals surface area (Å²) in [6, 6.07) is 5.27. The number of nitrogens with zero attached hydrogens (tertiary/aromatic N) is 1. The van der Waals surface area contributed by atoms with Crippen LogP contribution in [0.2, 0.25) is 5.02 Å². The monoisotopic (exact) mass is 288 g/mol. The van der Waals surface area contributed by atoms with Crippen LogP contribution in [0.5, 0.6) is 0 Å². The van der Waals surface area contributed by atoms with Gasteiger partial charge in [0.2, 0.25) is 10.0 Å². The number of hydrogen-bond acceptors (Lipinski definition) is 4. The van der Waals surface area contributed by atoms with Crippen LogP contribution in [0.15, 0.2) is 23.1 Å². The van der Waals surface area contributed by atoms with Crippen LogP contribution in [0.4, 0.5) is 0 Å². The van der Waals surface area contributed by atoms with E-state index in [2.05, 4.69) is 4.72 Å². The summed E-state index contributed by atoms with van der Waals surface area (Å²) < 4.78 is 26.4. The van der Waals surface area contributed by atoms with Gasteiger partial charge < -0.3 is 5.11 Å². The van der Waals surface area contributed by atoms with Crippen LogP contribution in [0.3, 0.4) is 0 Å². The highest BCUT2D eigenvalue weighted by atomic mass is 35.5. The van der Waals surface area contributed by atoms with E-state index in [1.165, 1.54) is 18.2 Å². The lowest BCUT2D eigenvalue weighted by Crippen LogP contribution is -2.37. The third-order valence-electron chi connectivity index (χ3n) is 2.38. The summed E-state index contributed by atoms with van der Waals surface area (Å²) in [7, 11) is -3.84. The summed E-state index contributed by atoms with van der Waals surface area (Å²) in [5.74, 6) is 0. The standard InChI is InChI=1S/C11H13ClN2O3S/c1-2-9(7-15)14-18(16,17)11-5-8(6-13)3-4-10(11)12/h3-5,9,14-15H,2,7H2,1H3/t9-/m0/s1. The predicted octanol–water partition coefficient (Wildman–Crippen LogP) is 1.26. The van der Waals surface area contributed by atoms with E-state index in [1.54, 1.807) is 6.92 Å². The Bertz CT molecular complexity index is 562. The normalized spacial score (nSPS) is 13.0. The molecule has 0 heterocycles. The Morgan fingerprint density at radius 3 is 2.72 bits per heavy atom. The molecular formula is C11H13ClN2O3S. The van der Waals surface area contributed by atoms with E-state index in [1.807, 2.05) is 6.07 Å². The first kappa shape index (κ1) is 14.9. The Labute approximate surface area is 111 Å².